The van der Waals surface area contributed by atoms with Crippen LogP contribution in [0.5, 0.6) is 0 Å². The summed E-state index contributed by atoms with van der Waals surface area (Å²) in [5.41, 5.74) is 3.53. The van der Waals surface area contributed by atoms with E-state index in [0.717, 1.165) is 5.92 Å². The van der Waals surface area contributed by atoms with Gasteiger partial charge in [0.15, 0.2) is 0 Å². The van der Waals surface area contributed by atoms with E-state index < -0.39 is 0 Å². The molecule has 0 radical (unpaired) electrons. The maximum atomic E-state index is 5.62. The molecule has 1 saturated carbocycles. The Morgan fingerprint density at radius 2 is 2.08 bits per heavy atom. The van der Waals surface area contributed by atoms with Gasteiger partial charge in [0.1, 0.15) is 0 Å². The molecule has 1 aliphatic carbocycles. The minimum absolute atomic E-state index is 0.523. The highest BCUT2D eigenvalue weighted by molar-refractivity contribution is 5.02. The maximum Gasteiger partial charge on any atom is 0.0269 e. The number of hydrogen-bond donors (Lipinski definition) is 2. The van der Waals surface area contributed by atoms with Crippen molar-refractivity contribution in [3.8, 4) is 0 Å². The van der Waals surface area contributed by atoms with Crippen molar-refractivity contribution in [2.45, 2.75) is 53.0 Å². The van der Waals surface area contributed by atoms with E-state index in [1.807, 2.05) is 0 Å². The smallest absolute Gasteiger partial charge is 0.0269 e. The summed E-state index contributed by atoms with van der Waals surface area (Å²) in [6.45, 7) is 9.21. The zero-order valence-corrected chi connectivity index (χ0v) is 9.43. The van der Waals surface area contributed by atoms with E-state index >= 15 is 0 Å². The Kier molecular flexibility index (Phi) is 3.36. The van der Waals surface area contributed by atoms with Crippen LogP contribution >= 0.6 is 0 Å². The standard InChI is InChI=1S/C11H24N2/c1-5-6-8(2)10(13-12)9-7-11(9,3)4/h8-10,13H,5-7,12H2,1-4H3. The van der Waals surface area contributed by atoms with Crippen LogP contribution in [0.2, 0.25) is 0 Å². The highest BCUT2D eigenvalue weighted by atomic mass is 15.2. The van der Waals surface area contributed by atoms with Crippen molar-refractivity contribution in [3.63, 3.8) is 0 Å². The summed E-state index contributed by atoms with van der Waals surface area (Å²) < 4.78 is 0. The van der Waals surface area contributed by atoms with E-state index in [0.29, 0.717) is 17.4 Å². The van der Waals surface area contributed by atoms with Crippen LogP contribution in [0.15, 0.2) is 0 Å². The van der Waals surface area contributed by atoms with Crippen LogP contribution in [-0.2, 0) is 0 Å². The average Bonchev–Trinajstić information content (AvgIpc) is 2.62. The number of nitrogens with two attached hydrogens (primary N) is 1. The van der Waals surface area contributed by atoms with Gasteiger partial charge in [-0.25, -0.2) is 0 Å². The third kappa shape index (κ3) is 2.44. The van der Waals surface area contributed by atoms with E-state index in [-0.39, 0.29) is 0 Å². The van der Waals surface area contributed by atoms with Crippen molar-refractivity contribution < 1.29 is 0 Å². The predicted octanol–water partition coefficient (Wildman–Crippen LogP) is 2.30. The van der Waals surface area contributed by atoms with Crippen molar-refractivity contribution in [2.24, 2.45) is 23.1 Å². The Balaban J connectivity index is 2.44. The van der Waals surface area contributed by atoms with Gasteiger partial charge in [0.2, 0.25) is 0 Å². The molecule has 0 amide bonds. The summed E-state index contributed by atoms with van der Waals surface area (Å²) in [7, 11) is 0. The second-order valence-electron chi connectivity index (χ2n) is 5.26. The third-order valence-corrected chi connectivity index (χ3v) is 3.57. The molecule has 0 aromatic heterocycles. The van der Waals surface area contributed by atoms with Crippen LogP contribution in [0.3, 0.4) is 0 Å². The lowest BCUT2D eigenvalue weighted by atomic mass is 9.90. The van der Waals surface area contributed by atoms with E-state index in [1.165, 1.54) is 19.3 Å². The molecule has 1 fully saturated rings. The van der Waals surface area contributed by atoms with Crippen LogP contribution < -0.4 is 11.3 Å². The van der Waals surface area contributed by atoms with E-state index in [4.69, 9.17) is 5.84 Å². The van der Waals surface area contributed by atoms with E-state index in [2.05, 4.69) is 33.1 Å². The quantitative estimate of drug-likeness (QED) is 0.508. The normalized spacial score (nSPS) is 29.8. The summed E-state index contributed by atoms with van der Waals surface area (Å²) >= 11 is 0. The molecule has 2 heteroatoms. The molecule has 2 nitrogen and oxygen atoms in total. The van der Waals surface area contributed by atoms with Crippen LogP contribution in [0.4, 0.5) is 0 Å². The van der Waals surface area contributed by atoms with Gasteiger partial charge in [0.25, 0.3) is 0 Å². The van der Waals surface area contributed by atoms with E-state index in [1.54, 1.807) is 0 Å². The molecule has 0 aromatic carbocycles. The number of nitrogens with one attached hydrogen (secondary N) is 1. The molecule has 78 valence electrons. The molecule has 13 heavy (non-hydrogen) atoms. The molecule has 0 spiro atoms. The van der Waals surface area contributed by atoms with Gasteiger partial charge in [-0.1, -0.05) is 34.1 Å². The van der Waals surface area contributed by atoms with Gasteiger partial charge < -0.3 is 0 Å². The minimum atomic E-state index is 0.523. The van der Waals surface area contributed by atoms with Gasteiger partial charge in [0.05, 0.1) is 0 Å². The largest absolute Gasteiger partial charge is 0.271 e. The first-order chi connectivity index (χ1) is 6.03. The SMILES string of the molecule is CCCC(C)C(NN)C1CC1(C)C. The highest BCUT2D eigenvalue weighted by Gasteiger charge is 2.50. The van der Waals surface area contributed by atoms with Gasteiger partial charge in [-0.05, 0) is 30.1 Å². The van der Waals surface area contributed by atoms with Gasteiger partial charge in [0, 0.05) is 6.04 Å². The molecule has 0 saturated heterocycles. The summed E-state index contributed by atoms with van der Waals surface area (Å²) in [4.78, 5) is 0. The van der Waals surface area contributed by atoms with Crippen LogP contribution in [0, 0.1) is 17.3 Å². The summed E-state index contributed by atoms with van der Waals surface area (Å²) in [6.07, 6.45) is 3.86. The lowest BCUT2D eigenvalue weighted by Gasteiger charge is -2.24. The van der Waals surface area contributed by atoms with Crippen molar-refractivity contribution >= 4 is 0 Å². The number of hydrazine groups is 1. The first-order valence-corrected chi connectivity index (χ1v) is 5.49. The topological polar surface area (TPSA) is 38.0 Å². The molecule has 0 heterocycles. The van der Waals surface area contributed by atoms with Crippen LogP contribution in [0.25, 0.3) is 0 Å². The fraction of sp³-hybridized carbons (Fsp3) is 1.00. The van der Waals surface area contributed by atoms with Gasteiger partial charge in [-0.2, -0.15) is 0 Å². The van der Waals surface area contributed by atoms with Crippen molar-refractivity contribution in [1.29, 1.82) is 0 Å². The fourth-order valence-corrected chi connectivity index (χ4v) is 2.43. The van der Waals surface area contributed by atoms with Crippen molar-refractivity contribution in [2.75, 3.05) is 0 Å². The second-order valence-corrected chi connectivity index (χ2v) is 5.26. The number of rotatable bonds is 5. The molecular formula is C11H24N2. The molecule has 0 aromatic rings. The summed E-state index contributed by atoms with van der Waals surface area (Å²) in [5, 5.41) is 0. The molecule has 3 atom stereocenters. The molecule has 1 rings (SSSR count). The van der Waals surface area contributed by atoms with Crippen LogP contribution in [-0.4, -0.2) is 6.04 Å². The first kappa shape index (κ1) is 11.0. The van der Waals surface area contributed by atoms with Gasteiger partial charge in [-0.15, -0.1) is 0 Å². The number of hydrogen-bond acceptors (Lipinski definition) is 2. The predicted molar refractivity (Wildman–Crippen MR) is 57.1 cm³/mol. The second kappa shape index (κ2) is 3.97. The Labute approximate surface area is 82.2 Å². The fourth-order valence-electron chi connectivity index (χ4n) is 2.43. The third-order valence-electron chi connectivity index (χ3n) is 3.57. The molecule has 3 unspecified atom stereocenters. The lowest BCUT2D eigenvalue weighted by Crippen LogP contribution is -2.42. The van der Waals surface area contributed by atoms with Crippen molar-refractivity contribution in [3.05, 3.63) is 0 Å². The summed E-state index contributed by atoms with van der Waals surface area (Å²) in [5.74, 6) is 7.12. The summed E-state index contributed by atoms with van der Waals surface area (Å²) in [6, 6.07) is 0.523. The zero-order valence-electron chi connectivity index (χ0n) is 9.43. The van der Waals surface area contributed by atoms with Gasteiger partial charge >= 0.3 is 0 Å². The molecule has 3 N–H and O–H groups in total. The zero-order chi connectivity index (χ0) is 10.1. The highest BCUT2D eigenvalue weighted by Crippen LogP contribution is 2.54. The Morgan fingerprint density at radius 1 is 1.54 bits per heavy atom. The monoisotopic (exact) mass is 184 g/mol. The molecular weight excluding hydrogens is 160 g/mol. The van der Waals surface area contributed by atoms with Crippen LogP contribution in [0.1, 0.15) is 47.0 Å². The maximum absolute atomic E-state index is 5.62. The lowest BCUT2D eigenvalue weighted by molar-refractivity contribution is 0.298. The first-order valence-electron chi connectivity index (χ1n) is 5.49. The van der Waals surface area contributed by atoms with Gasteiger partial charge in [-0.3, -0.25) is 11.3 Å². The van der Waals surface area contributed by atoms with E-state index in [9.17, 15) is 0 Å². The average molecular weight is 184 g/mol. The molecule has 0 aliphatic heterocycles. The molecule has 1 aliphatic rings. The minimum Gasteiger partial charge on any atom is -0.271 e. The molecule has 0 bridgehead atoms. The van der Waals surface area contributed by atoms with Crippen molar-refractivity contribution in [1.82, 2.24) is 5.43 Å². The Bertz CT molecular complexity index is 165. The Hall–Kier alpha value is -0.0800. The Morgan fingerprint density at radius 3 is 2.38 bits per heavy atom.